The topological polar surface area (TPSA) is 45.4 Å². The lowest BCUT2D eigenvalue weighted by Crippen LogP contribution is -2.23. The lowest BCUT2D eigenvalue weighted by Gasteiger charge is -2.40. The zero-order valence-corrected chi connectivity index (χ0v) is 19.9. The molecule has 0 saturated carbocycles. The van der Waals surface area contributed by atoms with Crippen molar-refractivity contribution in [2.24, 2.45) is 0 Å². The van der Waals surface area contributed by atoms with Crippen molar-refractivity contribution in [3.63, 3.8) is 0 Å². The monoisotopic (exact) mass is 478 g/mol. The van der Waals surface area contributed by atoms with E-state index in [1.807, 2.05) is 48.5 Å². The van der Waals surface area contributed by atoms with Crippen LogP contribution in [-0.4, -0.2) is 10.1 Å². The highest BCUT2D eigenvalue weighted by atomic mass is 16.5. The lowest BCUT2D eigenvalue weighted by atomic mass is 10.0. The van der Waals surface area contributed by atoms with Crippen LogP contribution in [0.1, 0.15) is 0 Å². The largest absolute Gasteiger partial charge is 0.334 e. The fourth-order valence-corrected chi connectivity index (χ4v) is 4.88. The number of hydrogen-bond donors (Lipinski definition) is 0. The van der Waals surface area contributed by atoms with Crippen LogP contribution in [0.5, 0.6) is 0 Å². The van der Waals surface area contributed by atoms with Gasteiger partial charge in [-0.2, -0.15) is 4.98 Å². The van der Waals surface area contributed by atoms with Gasteiger partial charge in [0.25, 0.3) is 5.89 Å². The van der Waals surface area contributed by atoms with Gasteiger partial charge in [-0.15, -0.1) is 0 Å². The predicted molar refractivity (Wildman–Crippen MR) is 148 cm³/mol. The minimum absolute atomic E-state index is 0.513. The number of fused-ring (bicyclic) bond motifs is 2. The summed E-state index contributed by atoms with van der Waals surface area (Å²) in [4.78, 5) is 9.23. The van der Waals surface area contributed by atoms with Gasteiger partial charge in [0, 0.05) is 22.5 Å². The maximum atomic E-state index is 5.52. The maximum Gasteiger partial charge on any atom is 0.258 e. The van der Waals surface area contributed by atoms with Crippen LogP contribution in [0.4, 0.5) is 34.1 Å². The molecule has 0 unspecified atom stereocenters. The van der Waals surface area contributed by atoms with Crippen molar-refractivity contribution in [1.29, 1.82) is 0 Å². The molecule has 0 amide bonds. The highest BCUT2D eigenvalue weighted by Gasteiger charge is 2.29. The van der Waals surface area contributed by atoms with Gasteiger partial charge in [0.2, 0.25) is 5.82 Å². The van der Waals surface area contributed by atoms with E-state index < -0.39 is 0 Å². The van der Waals surface area contributed by atoms with Crippen molar-refractivity contribution in [2.75, 3.05) is 9.80 Å². The number of anilines is 6. The Kier molecular flexibility index (Phi) is 5.03. The van der Waals surface area contributed by atoms with Crippen molar-refractivity contribution >= 4 is 34.1 Å². The Hall–Kier alpha value is -5.16. The number of nitrogens with zero attached hydrogens (tertiary/aromatic N) is 4. The molecule has 6 aromatic rings. The van der Waals surface area contributed by atoms with Gasteiger partial charge in [0.05, 0.1) is 22.7 Å². The van der Waals surface area contributed by atoms with Crippen molar-refractivity contribution in [3.8, 4) is 22.8 Å². The predicted octanol–water partition coefficient (Wildman–Crippen LogP) is 8.66. The number of hydrogen-bond acceptors (Lipinski definition) is 5. The Balaban J connectivity index is 1.30. The molecule has 5 aromatic carbocycles. The molecule has 0 N–H and O–H groups in total. The van der Waals surface area contributed by atoms with Crippen molar-refractivity contribution < 1.29 is 4.52 Å². The molecule has 7 rings (SSSR count). The molecule has 5 heteroatoms. The minimum atomic E-state index is 0.513. The maximum absolute atomic E-state index is 5.52. The van der Waals surface area contributed by atoms with Gasteiger partial charge in [0.15, 0.2) is 0 Å². The molecule has 0 saturated heterocycles. The first-order valence-electron chi connectivity index (χ1n) is 12.2. The molecule has 0 aliphatic carbocycles. The smallest absolute Gasteiger partial charge is 0.258 e. The molecule has 0 spiro atoms. The molecule has 0 bridgehead atoms. The van der Waals surface area contributed by atoms with E-state index in [4.69, 9.17) is 4.52 Å². The van der Waals surface area contributed by atoms with Crippen LogP contribution in [0, 0.1) is 0 Å². The molecular weight excluding hydrogens is 456 g/mol. The highest BCUT2D eigenvalue weighted by Crippen LogP contribution is 2.53. The Morgan fingerprint density at radius 2 is 0.892 bits per heavy atom. The Bertz CT molecular complexity index is 1630. The van der Waals surface area contributed by atoms with Crippen molar-refractivity contribution in [2.45, 2.75) is 0 Å². The van der Waals surface area contributed by atoms with Crippen LogP contribution in [-0.2, 0) is 0 Å². The second kappa shape index (κ2) is 8.81. The summed E-state index contributed by atoms with van der Waals surface area (Å²) in [6.45, 7) is 0. The van der Waals surface area contributed by atoms with Gasteiger partial charge in [0.1, 0.15) is 0 Å². The second-order valence-corrected chi connectivity index (χ2v) is 8.82. The van der Waals surface area contributed by atoms with E-state index in [0.29, 0.717) is 11.7 Å². The summed E-state index contributed by atoms with van der Waals surface area (Å²) in [6.07, 6.45) is 0. The van der Waals surface area contributed by atoms with Gasteiger partial charge in [-0.05, 0) is 72.8 Å². The number of aromatic nitrogens is 2. The van der Waals surface area contributed by atoms with Gasteiger partial charge < -0.3 is 14.3 Å². The van der Waals surface area contributed by atoms with Crippen LogP contribution in [0.15, 0.2) is 138 Å². The van der Waals surface area contributed by atoms with Crippen LogP contribution in [0.3, 0.4) is 0 Å². The van der Waals surface area contributed by atoms with Crippen LogP contribution in [0.2, 0.25) is 0 Å². The Morgan fingerprint density at radius 1 is 0.432 bits per heavy atom. The molecule has 0 radical (unpaired) electrons. The van der Waals surface area contributed by atoms with Crippen molar-refractivity contribution in [3.05, 3.63) is 133 Å². The SMILES string of the molecule is c1ccc(-c2nc(-c3ccc(N4c5ccccc5N(c5ccccc5)c5ccccc54)cc3)no2)cc1. The summed E-state index contributed by atoms with van der Waals surface area (Å²) in [6, 6.07) is 45.6. The van der Waals surface area contributed by atoms with E-state index in [-0.39, 0.29) is 0 Å². The summed E-state index contributed by atoms with van der Waals surface area (Å²) >= 11 is 0. The molecule has 176 valence electrons. The fourth-order valence-electron chi connectivity index (χ4n) is 4.88. The zero-order valence-electron chi connectivity index (χ0n) is 19.9. The molecule has 5 nitrogen and oxygen atoms in total. The van der Waals surface area contributed by atoms with Gasteiger partial charge in [-0.3, -0.25) is 0 Å². The van der Waals surface area contributed by atoms with E-state index in [2.05, 4.69) is 105 Å². The Morgan fingerprint density at radius 3 is 1.43 bits per heavy atom. The van der Waals surface area contributed by atoms with Gasteiger partial charge in [-0.1, -0.05) is 65.8 Å². The van der Waals surface area contributed by atoms with E-state index in [9.17, 15) is 0 Å². The first-order chi connectivity index (χ1) is 18.4. The average Bonchev–Trinajstić information content (AvgIpc) is 3.47. The summed E-state index contributed by atoms with van der Waals surface area (Å²) < 4.78 is 5.52. The Labute approximate surface area is 214 Å². The molecule has 37 heavy (non-hydrogen) atoms. The molecule has 2 heterocycles. The van der Waals surface area contributed by atoms with E-state index in [0.717, 1.165) is 45.3 Å². The van der Waals surface area contributed by atoms with Crippen molar-refractivity contribution in [1.82, 2.24) is 10.1 Å². The third-order valence-corrected chi connectivity index (χ3v) is 6.57. The summed E-state index contributed by atoms with van der Waals surface area (Å²) in [5.41, 5.74) is 8.48. The molecular formula is C32H22N4O. The quantitative estimate of drug-likeness (QED) is 0.253. The number of rotatable bonds is 4. The highest BCUT2D eigenvalue weighted by molar-refractivity contribution is 6.01. The van der Waals surface area contributed by atoms with E-state index in [1.54, 1.807) is 0 Å². The third-order valence-electron chi connectivity index (χ3n) is 6.57. The van der Waals surface area contributed by atoms with Crippen LogP contribution in [0.25, 0.3) is 22.8 Å². The number of benzene rings is 5. The van der Waals surface area contributed by atoms with Gasteiger partial charge >= 0.3 is 0 Å². The first-order valence-corrected chi connectivity index (χ1v) is 12.2. The normalized spacial score (nSPS) is 12.2. The molecule has 1 aromatic heterocycles. The first kappa shape index (κ1) is 21.1. The third kappa shape index (κ3) is 3.65. The van der Waals surface area contributed by atoms with Crippen LogP contribution < -0.4 is 9.80 Å². The summed E-state index contributed by atoms with van der Waals surface area (Å²) in [5.74, 6) is 1.08. The fraction of sp³-hybridized carbons (Fsp3) is 0. The van der Waals surface area contributed by atoms with E-state index in [1.165, 1.54) is 0 Å². The standard InChI is InChI=1S/C32H22N4O/c1-3-11-24(12-4-1)32-33-31(34-37-32)23-19-21-26(22-20-23)36-29-17-9-7-15-27(29)35(25-13-5-2-6-14-25)28-16-8-10-18-30(28)36/h1-22H. The van der Waals surface area contributed by atoms with E-state index >= 15 is 0 Å². The molecule has 1 aliphatic rings. The van der Waals surface area contributed by atoms with Crippen LogP contribution >= 0.6 is 0 Å². The second-order valence-electron chi connectivity index (χ2n) is 8.82. The molecule has 1 aliphatic heterocycles. The van der Waals surface area contributed by atoms with Gasteiger partial charge in [-0.25, -0.2) is 0 Å². The molecule has 0 atom stereocenters. The minimum Gasteiger partial charge on any atom is -0.334 e. The molecule has 0 fully saturated rings. The number of para-hydroxylation sites is 5. The zero-order chi connectivity index (χ0) is 24.6. The summed E-state index contributed by atoms with van der Waals surface area (Å²) in [5, 5.41) is 4.21. The summed E-state index contributed by atoms with van der Waals surface area (Å²) in [7, 11) is 0. The average molecular weight is 479 g/mol. The lowest BCUT2D eigenvalue weighted by molar-refractivity contribution is 0.432.